The van der Waals surface area contributed by atoms with Gasteiger partial charge in [0.15, 0.2) is 0 Å². The predicted molar refractivity (Wildman–Crippen MR) is 62.1 cm³/mol. The highest BCUT2D eigenvalue weighted by molar-refractivity contribution is 6.49. The molecule has 1 aromatic rings. The summed E-state index contributed by atoms with van der Waals surface area (Å²) >= 11 is 5.85. The zero-order chi connectivity index (χ0) is 11.1. The zero-order valence-electron chi connectivity index (χ0n) is 8.57. The van der Waals surface area contributed by atoms with Crippen LogP contribution >= 0.6 is 11.6 Å². The van der Waals surface area contributed by atoms with Crippen molar-refractivity contribution < 1.29 is 9.53 Å². The molecule has 0 aromatic heterocycles. The summed E-state index contributed by atoms with van der Waals surface area (Å²) in [6.07, 6.45) is 2.97. The summed E-state index contributed by atoms with van der Waals surface area (Å²) in [4.78, 5) is 10.2. The number of allylic oxidation sites excluding steroid dienone is 1. The van der Waals surface area contributed by atoms with E-state index in [0.29, 0.717) is 17.9 Å². The molecular formula is C12H13ClO2. The van der Waals surface area contributed by atoms with Gasteiger partial charge in [0.05, 0.1) is 11.6 Å². The van der Waals surface area contributed by atoms with Crippen molar-refractivity contribution in [1.29, 1.82) is 0 Å². The quantitative estimate of drug-likeness (QED) is 0.567. The first kappa shape index (κ1) is 11.8. The summed E-state index contributed by atoms with van der Waals surface area (Å²) < 4.78 is 5.42. The first-order valence-electron chi connectivity index (χ1n) is 4.82. The smallest absolute Gasteiger partial charge is 0.144 e. The van der Waals surface area contributed by atoms with Crippen LogP contribution in [0, 0.1) is 0 Å². The molecule has 0 aliphatic carbocycles. The van der Waals surface area contributed by atoms with Gasteiger partial charge in [-0.05, 0) is 42.3 Å². The molecule has 0 saturated heterocycles. The molecule has 0 saturated carbocycles. The van der Waals surface area contributed by atoms with E-state index in [2.05, 4.69) is 6.92 Å². The fraction of sp³-hybridized carbons (Fsp3) is 0.250. The summed E-state index contributed by atoms with van der Waals surface area (Å²) in [5.74, 6) is 0.816. The van der Waals surface area contributed by atoms with Crippen molar-refractivity contribution in [1.82, 2.24) is 0 Å². The molecule has 0 atom stereocenters. The molecule has 3 heteroatoms. The largest absolute Gasteiger partial charge is 0.494 e. The van der Waals surface area contributed by atoms with Gasteiger partial charge >= 0.3 is 0 Å². The SMILES string of the molecule is CCCOc1ccc(/C(Cl)=C/C=O)cc1. The van der Waals surface area contributed by atoms with Crippen molar-refractivity contribution in [2.45, 2.75) is 13.3 Å². The first-order chi connectivity index (χ1) is 7.27. The monoisotopic (exact) mass is 224 g/mol. The standard InChI is InChI=1S/C12H13ClO2/c1-2-9-15-11-5-3-10(4-6-11)12(13)7-8-14/h3-8H,2,9H2,1H3/b12-7-. The van der Waals surface area contributed by atoms with Crippen molar-refractivity contribution in [2.24, 2.45) is 0 Å². The maximum absolute atomic E-state index is 10.2. The zero-order valence-corrected chi connectivity index (χ0v) is 9.33. The summed E-state index contributed by atoms with van der Waals surface area (Å²) in [5.41, 5.74) is 0.813. The molecule has 0 N–H and O–H groups in total. The van der Waals surface area contributed by atoms with Gasteiger partial charge in [-0.15, -0.1) is 0 Å². The fourth-order valence-electron chi connectivity index (χ4n) is 1.09. The Balaban J connectivity index is 2.71. The van der Waals surface area contributed by atoms with E-state index in [4.69, 9.17) is 16.3 Å². The molecule has 0 aliphatic rings. The van der Waals surface area contributed by atoms with E-state index in [-0.39, 0.29) is 0 Å². The van der Waals surface area contributed by atoms with Crippen LogP contribution in [0.3, 0.4) is 0 Å². The van der Waals surface area contributed by atoms with Gasteiger partial charge in [-0.3, -0.25) is 4.79 Å². The van der Waals surface area contributed by atoms with Crippen LogP contribution in [0.5, 0.6) is 5.75 Å². The highest BCUT2D eigenvalue weighted by atomic mass is 35.5. The summed E-state index contributed by atoms with van der Waals surface area (Å²) in [6.45, 7) is 2.76. The normalized spacial score (nSPS) is 11.2. The van der Waals surface area contributed by atoms with Gasteiger partial charge in [-0.2, -0.15) is 0 Å². The van der Waals surface area contributed by atoms with Gasteiger partial charge < -0.3 is 4.74 Å². The van der Waals surface area contributed by atoms with Crippen molar-refractivity contribution in [3.05, 3.63) is 35.9 Å². The molecule has 1 aromatic carbocycles. The third-order valence-electron chi connectivity index (χ3n) is 1.82. The van der Waals surface area contributed by atoms with E-state index >= 15 is 0 Å². The molecule has 0 aliphatic heterocycles. The van der Waals surface area contributed by atoms with Crippen LogP contribution in [0.2, 0.25) is 0 Å². The molecule has 0 radical (unpaired) electrons. The van der Waals surface area contributed by atoms with Crippen molar-refractivity contribution >= 4 is 22.9 Å². The predicted octanol–water partition coefficient (Wildman–Crippen LogP) is 3.25. The number of rotatable bonds is 5. The highest BCUT2D eigenvalue weighted by Crippen LogP contribution is 2.21. The molecule has 0 unspecified atom stereocenters. The van der Waals surface area contributed by atoms with Crippen LogP contribution in [0.4, 0.5) is 0 Å². The average Bonchev–Trinajstić information content (AvgIpc) is 2.27. The molecule has 0 fully saturated rings. The molecule has 0 heterocycles. The summed E-state index contributed by atoms with van der Waals surface area (Å²) in [6, 6.07) is 7.33. The van der Waals surface area contributed by atoms with Crippen LogP contribution in [0.15, 0.2) is 30.3 Å². The number of benzene rings is 1. The van der Waals surface area contributed by atoms with Gasteiger partial charge in [0, 0.05) is 0 Å². The molecule has 0 bridgehead atoms. The Hall–Kier alpha value is -1.28. The molecule has 1 rings (SSSR count). The van der Waals surface area contributed by atoms with E-state index in [1.54, 1.807) is 0 Å². The Morgan fingerprint density at radius 1 is 1.40 bits per heavy atom. The minimum absolute atomic E-state index is 0.437. The van der Waals surface area contributed by atoms with Crippen LogP contribution in [-0.4, -0.2) is 12.9 Å². The summed E-state index contributed by atoms with van der Waals surface area (Å²) in [5, 5.41) is 0.437. The topological polar surface area (TPSA) is 26.3 Å². The lowest BCUT2D eigenvalue weighted by molar-refractivity contribution is -0.104. The Labute approximate surface area is 94.5 Å². The molecule has 15 heavy (non-hydrogen) atoms. The van der Waals surface area contributed by atoms with Crippen molar-refractivity contribution in [2.75, 3.05) is 6.61 Å². The molecule has 0 amide bonds. The van der Waals surface area contributed by atoms with Crippen LogP contribution in [0.25, 0.3) is 5.03 Å². The average molecular weight is 225 g/mol. The number of halogens is 1. The lowest BCUT2D eigenvalue weighted by Gasteiger charge is -2.04. The first-order valence-corrected chi connectivity index (χ1v) is 5.20. The van der Waals surface area contributed by atoms with Crippen LogP contribution < -0.4 is 4.74 Å². The number of hydrogen-bond acceptors (Lipinski definition) is 2. The second-order valence-electron chi connectivity index (χ2n) is 3.02. The molecular weight excluding hydrogens is 212 g/mol. The number of carbonyl (C=O) groups is 1. The van der Waals surface area contributed by atoms with E-state index < -0.39 is 0 Å². The molecule has 2 nitrogen and oxygen atoms in total. The highest BCUT2D eigenvalue weighted by Gasteiger charge is 1.98. The molecule has 0 spiro atoms. The Bertz CT molecular complexity index is 341. The van der Waals surface area contributed by atoms with Gasteiger partial charge in [0.1, 0.15) is 12.0 Å². The second kappa shape index (κ2) is 6.25. The maximum atomic E-state index is 10.2. The van der Waals surface area contributed by atoms with Gasteiger partial charge in [-0.25, -0.2) is 0 Å². The minimum Gasteiger partial charge on any atom is -0.494 e. The fourth-order valence-corrected chi connectivity index (χ4v) is 1.26. The lowest BCUT2D eigenvalue weighted by atomic mass is 10.2. The number of ether oxygens (including phenoxy) is 1. The van der Waals surface area contributed by atoms with Gasteiger partial charge in [0.25, 0.3) is 0 Å². The van der Waals surface area contributed by atoms with E-state index in [1.165, 1.54) is 6.08 Å². The number of aldehydes is 1. The molecule has 80 valence electrons. The van der Waals surface area contributed by atoms with E-state index in [0.717, 1.165) is 17.7 Å². The van der Waals surface area contributed by atoms with Crippen LogP contribution in [0.1, 0.15) is 18.9 Å². The second-order valence-corrected chi connectivity index (χ2v) is 3.43. The van der Waals surface area contributed by atoms with Crippen molar-refractivity contribution in [3.8, 4) is 5.75 Å². The summed E-state index contributed by atoms with van der Waals surface area (Å²) in [7, 11) is 0. The lowest BCUT2D eigenvalue weighted by Crippen LogP contribution is -1.94. The van der Waals surface area contributed by atoms with Gasteiger partial charge in [-0.1, -0.05) is 18.5 Å². The minimum atomic E-state index is 0.437. The number of carbonyl (C=O) groups excluding carboxylic acids is 1. The van der Waals surface area contributed by atoms with E-state index in [1.807, 2.05) is 24.3 Å². The Morgan fingerprint density at radius 3 is 2.60 bits per heavy atom. The van der Waals surface area contributed by atoms with Gasteiger partial charge in [0.2, 0.25) is 0 Å². The maximum Gasteiger partial charge on any atom is 0.144 e. The van der Waals surface area contributed by atoms with Crippen LogP contribution in [-0.2, 0) is 4.79 Å². The Morgan fingerprint density at radius 2 is 2.07 bits per heavy atom. The third-order valence-corrected chi connectivity index (χ3v) is 2.16. The van der Waals surface area contributed by atoms with Crippen molar-refractivity contribution in [3.63, 3.8) is 0 Å². The number of hydrogen-bond donors (Lipinski definition) is 0. The van der Waals surface area contributed by atoms with E-state index in [9.17, 15) is 4.79 Å². The third kappa shape index (κ3) is 3.76. The Kier molecular flexibility index (Phi) is 4.91.